The van der Waals surface area contributed by atoms with Gasteiger partial charge in [-0.2, -0.15) is 0 Å². The van der Waals surface area contributed by atoms with Crippen LogP contribution in [-0.4, -0.2) is 21.0 Å². The maximum absolute atomic E-state index is 9.49. The first-order valence-corrected chi connectivity index (χ1v) is 5.02. The maximum atomic E-state index is 9.49. The number of halogens is 1. The Labute approximate surface area is 89.5 Å². The standard InChI is InChI=1S/C9H10BrN3O/c10-6-1-2-13-5-7(8(14)4-11)12-9(13)3-6/h1-3,5,8,14H,4,11H2. The molecule has 74 valence electrons. The largest absolute Gasteiger partial charge is 0.385 e. The van der Waals surface area contributed by atoms with Crippen molar-refractivity contribution in [3.8, 4) is 0 Å². The first-order valence-electron chi connectivity index (χ1n) is 4.23. The number of aromatic nitrogens is 2. The molecule has 1 unspecified atom stereocenters. The normalized spacial score (nSPS) is 13.4. The summed E-state index contributed by atoms with van der Waals surface area (Å²) in [6.07, 6.45) is 2.96. The van der Waals surface area contributed by atoms with Gasteiger partial charge in [-0.25, -0.2) is 4.98 Å². The zero-order chi connectivity index (χ0) is 10.1. The molecule has 4 nitrogen and oxygen atoms in total. The fourth-order valence-electron chi connectivity index (χ4n) is 1.26. The summed E-state index contributed by atoms with van der Waals surface area (Å²) >= 11 is 3.36. The molecule has 0 fully saturated rings. The van der Waals surface area contributed by atoms with E-state index in [1.165, 1.54) is 0 Å². The lowest BCUT2D eigenvalue weighted by Crippen LogP contribution is -2.11. The zero-order valence-corrected chi connectivity index (χ0v) is 8.98. The Bertz CT molecular complexity index is 454. The molecule has 1 atom stereocenters. The average molecular weight is 256 g/mol. The van der Waals surface area contributed by atoms with Crippen molar-refractivity contribution in [1.29, 1.82) is 0 Å². The van der Waals surface area contributed by atoms with Crippen molar-refractivity contribution in [2.75, 3.05) is 6.54 Å². The van der Waals surface area contributed by atoms with E-state index in [1.54, 1.807) is 6.20 Å². The molecule has 5 heteroatoms. The maximum Gasteiger partial charge on any atom is 0.138 e. The van der Waals surface area contributed by atoms with Gasteiger partial charge in [-0.3, -0.25) is 0 Å². The van der Waals surface area contributed by atoms with E-state index in [-0.39, 0.29) is 6.54 Å². The minimum Gasteiger partial charge on any atom is -0.385 e. The number of rotatable bonds is 2. The Morgan fingerprint density at radius 2 is 2.43 bits per heavy atom. The highest BCUT2D eigenvalue weighted by Crippen LogP contribution is 2.16. The Balaban J connectivity index is 2.51. The van der Waals surface area contributed by atoms with Crippen molar-refractivity contribution >= 4 is 21.6 Å². The molecule has 0 saturated carbocycles. The van der Waals surface area contributed by atoms with E-state index in [9.17, 15) is 5.11 Å². The highest BCUT2D eigenvalue weighted by Gasteiger charge is 2.09. The molecular weight excluding hydrogens is 246 g/mol. The lowest BCUT2D eigenvalue weighted by molar-refractivity contribution is 0.182. The number of imidazole rings is 1. The fourth-order valence-corrected chi connectivity index (χ4v) is 1.58. The minimum atomic E-state index is -0.686. The summed E-state index contributed by atoms with van der Waals surface area (Å²) in [6, 6.07) is 3.79. The average Bonchev–Trinajstić information content (AvgIpc) is 2.59. The summed E-state index contributed by atoms with van der Waals surface area (Å²) in [6.45, 7) is 0.186. The van der Waals surface area contributed by atoms with E-state index >= 15 is 0 Å². The SMILES string of the molecule is NCC(O)c1cn2ccc(Br)cc2n1. The molecule has 0 aliphatic carbocycles. The highest BCUT2D eigenvalue weighted by molar-refractivity contribution is 9.10. The first-order chi connectivity index (χ1) is 6.70. The lowest BCUT2D eigenvalue weighted by Gasteiger charge is -2.00. The van der Waals surface area contributed by atoms with Crippen LogP contribution in [0, 0.1) is 0 Å². The van der Waals surface area contributed by atoms with E-state index in [0.717, 1.165) is 10.1 Å². The molecule has 0 radical (unpaired) electrons. The summed E-state index contributed by atoms with van der Waals surface area (Å²) < 4.78 is 2.81. The highest BCUT2D eigenvalue weighted by atomic mass is 79.9. The van der Waals surface area contributed by atoms with Crippen molar-refractivity contribution < 1.29 is 5.11 Å². The summed E-state index contributed by atoms with van der Waals surface area (Å²) in [7, 11) is 0. The first kappa shape index (κ1) is 9.64. The lowest BCUT2D eigenvalue weighted by atomic mass is 10.3. The predicted molar refractivity (Wildman–Crippen MR) is 56.9 cm³/mol. The molecule has 3 N–H and O–H groups in total. The van der Waals surface area contributed by atoms with Gasteiger partial charge < -0.3 is 15.2 Å². The van der Waals surface area contributed by atoms with Gasteiger partial charge in [0, 0.05) is 23.4 Å². The van der Waals surface area contributed by atoms with Crippen molar-refractivity contribution in [2.24, 2.45) is 5.73 Å². The quantitative estimate of drug-likeness (QED) is 0.845. The van der Waals surface area contributed by atoms with Gasteiger partial charge in [0.1, 0.15) is 11.8 Å². The molecule has 0 saturated heterocycles. The van der Waals surface area contributed by atoms with Gasteiger partial charge in [-0.05, 0) is 12.1 Å². The second-order valence-electron chi connectivity index (χ2n) is 3.03. The van der Waals surface area contributed by atoms with E-state index in [2.05, 4.69) is 20.9 Å². The molecule has 0 spiro atoms. The number of hydrogen-bond donors (Lipinski definition) is 2. The van der Waals surface area contributed by atoms with Gasteiger partial charge in [0.2, 0.25) is 0 Å². The number of aliphatic hydroxyl groups is 1. The number of aliphatic hydroxyl groups excluding tert-OH is 1. The Hall–Kier alpha value is -0.910. The minimum absolute atomic E-state index is 0.186. The van der Waals surface area contributed by atoms with Crippen LogP contribution in [0.2, 0.25) is 0 Å². The molecule has 0 aromatic carbocycles. The molecule has 2 aromatic heterocycles. The van der Waals surface area contributed by atoms with Crippen LogP contribution in [0.1, 0.15) is 11.8 Å². The molecule has 2 heterocycles. The van der Waals surface area contributed by atoms with Gasteiger partial charge in [-0.1, -0.05) is 15.9 Å². The molecule has 0 amide bonds. The van der Waals surface area contributed by atoms with Crippen LogP contribution in [0.15, 0.2) is 29.0 Å². The number of hydrogen-bond acceptors (Lipinski definition) is 3. The van der Waals surface area contributed by atoms with Crippen molar-refractivity contribution in [3.05, 3.63) is 34.7 Å². The van der Waals surface area contributed by atoms with Crippen LogP contribution in [0.5, 0.6) is 0 Å². The molecule has 0 aliphatic heterocycles. The van der Waals surface area contributed by atoms with Crippen LogP contribution in [0.3, 0.4) is 0 Å². The number of fused-ring (bicyclic) bond motifs is 1. The van der Waals surface area contributed by atoms with E-state index in [1.807, 2.05) is 22.7 Å². The zero-order valence-electron chi connectivity index (χ0n) is 7.39. The van der Waals surface area contributed by atoms with E-state index < -0.39 is 6.10 Å². The third-order valence-corrected chi connectivity index (χ3v) is 2.50. The Morgan fingerprint density at radius 1 is 1.64 bits per heavy atom. The summed E-state index contributed by atoms with van der Waals surface area (Å²) in [5.41, 5.74) is 6.74. The topological polar surface area (TPSA) is 63.5 Å². The summed E-state index contributed by atoms with van der Waals surface area (Å²) in [5.74, 6) is 0. The van der Waals surface area contributed by atoms with E-state index in [4.69, 9.17) is 5.73 Å². The van der Waals surface area contributed by atoms with Crippen LogP contribution >= 0.6 is 15.9 Å². The molecular formula is C9H10BrN3O. The van der Waals surface area contributed by atoms with Gasteiger partial charge in [0.15, 0.2) is 0 Å². The Morgan fingerprint density at radius 3 is 3.14 bits per heavy atom. The molecule has 14 heavy (non-hydrogen) atoms. The van der Waals surface area contributed by atoms with Crippen molar-refractivity contribution in [3.63, 3.8) is 0 Å². The molecule has 2 aromatic rings. The van der Waals surface area contributed by atoms with Gasteiger partial charge >= 0.3 is 0 Å². The van der Waals surface area contributed by atoms with Gasteiger partial charge in [0.25, 0.3) is 0 Å². The van der Waals surface area contributed by atoms with Crippen LogP contribution < -0.4 is 5.73 Å². The van der Waals surface area contributed by atoms with E-state index in [0.29, 0.717) is 5.69 Å². The third kappa shape index (κ3) is 1.66. The second-order valence-corrected chi connectivity index (χ2v) is 3.94. The fraction of sp³-hybridized carbons (Fsp3) is 0.222. The molecule has 0 bridgehead atoms. The van der Waals surface area contributed by atoms with Crippen LogP contribution in [-0.2, 0) is 0 Å². The molecule has 2 rings (SSSR count). The van der Waals surface area contributed by atoms with Crippen molar-refractivity contribution in [1.82, 2.24) is 9.38 Å². The van der Waals surface area contributed by atoms with Gasteiger partial charge in [-0.15, -0.1) is 0 Å². The predicted octanol–water partition coefficient (Wildman–Crippen LogP) is 1.09. The second kappa shape index (κ2) is 3.68. The Kier molecular flexibility index (Phi) is 2.54. The summed E-state index contributed by atoms with van der Waals surface area (Å²) in [5, 5.41) is 9.49. The smallest absolute Gasteiger partial charge is 0.138 e. The molecule has 0 aliphatic rings. The van der Waals surface area contributed by atoms with Crippen LogP contribution in [0.25, 0.3) is 5.65 Å². The number of nitrogens with zero attached hydrogens (tertiary/aromatic N) is 2. The summed E-state index contributed by atoms with van der Waals surface area (Å²) in [4.78, 5) is 4.25. The van der Waals surface area contributed by atoms with Gasteiger partial charge in [0.05, 0.1) is 5.69 Å². The van der Waals surface area contributed by atoms with Crippen molar-refractivity contribution in [2.45, 2.75) is 6.10 Å². The number of nitrogens with two attached hydrogens (primary N) is 1. The monoisotopic (exact) mass is 255 g/mol. The third-order valence-electron chi connectivity index (χ3n) is 2.01. The van der Waals surface area contributed by atoms with Crippen LogP contribution in [0.4, 0.5) is 0 Å². The number of pyridine rings is 1.